The molecule has 4 rings (SSSR count). The van der Waals surface area contributed by atoms with Crippen LogP contribution in [-0.2, 0) is 16.2 Å². The Morgan fingerprint density at radius 2 is 1.74 bits per heavy atom. The van der Waals surface area contributed by atoms with E-state index < -0.39 is 17.1 Å². The summed E-state index contributed by atoms with van der Waals surface area (Å²) in [7, 11) is 0. The normalized spacial score (nSPS) is 14.5. The van der Waals surface area contributed by atoms with Crippen LogP contribution in [0.25, 0.3) is 6.08 Å². The highest BCUT2D eigenvalue weighted by Crippen LogP contribution is 2.32. The third-order valence-corrected chi connectivity index (χ3v) is 6.45. The molecule has 0 bridgehead atoms. The average Bonchev–Trinajstić information content (AvgIpc) is 3.08. The standard InChI is InChI=1S/C25H18BrFN2O4S/c26-19-6-2-4-8-21(19)28-23(30)14-29-24(31)22(34-25(29)32)13-16-9-11-18(12-10-16)33-15-17-5-1-3-7-20(17)27/h1-13H,14-15H2,(H,28,30)/b22-13+. The third-order valence-electron chi connectivity index (χ3n) is 4.85. The molecule has 34 heavy (non-hydrogen) atoms. The summed E-state index contributed by atoms with van der Waals surface area (Å²) in [4.78, 5) is 38.5. The van der Waals surface area contributed by atoms with Crippen molar-refractivity contribution in [3.8, 4) is 5.75 Å². The molecule has 0 spiro atoms. The third kappa shape index (κ3) is 5.73. The van der Waals surface area contributed by atoms with E-state index in [1.54, 1.807) is 66.7 Å². The summed E-state index contributed by atoms with van der Waals surface area (Å²) in [5, 5.41) is 2.17. The number of imide groups is 1. The Balaban J connectivity index is 1.37. The summed E-state index contributed by atoms with van der Waals surface area (Å²) in [6.07, 6.45) is 1.58. The number of anilines is 1. The zero-order valence-electron chi connectivity index (χ0n) is 17.7. The lowest BCUT2D eigenvalue weighted by Crippen LogP contribution is -2.36. The second kappa shape index (κ2) is 10.7. The Hall–Kier alpha value is -3.43. The van der Waals surface area contributed by atoms with Gasteiger partial charge in [-0.2, -0.15) is 0 Å². The zero-order valence-corrected chi connectivity index (χ0v) is 20.1. The molecule has 3 aromatic carbocycles. The SMILES string of the molecule is O=C(CN1C(=O)S/C(=C/c2ccc(OCc3ccccc3F)cc2)C1=O)Nc1ccccc1Br. The monoisotopic (exact) mass is 540 g/mol. The van der Waals surface area contributed by atoms with Crippen LogP contribution in [0.5, 0.6) is 5.75 Å². The first-order valence-electron chi connectivity index (χ1n) is 10.2. The summed E-state index contributed by atoms with van der Waals surface area (Å²) >= 11 is 4.11. The fourth-order valence-electron chi connectivity index (χ4n) is 3.12. The molecule has 1 saturated heterocycles. The molecule has 1 aliphatic heterocycles. The van der Waals surface area contributed by atoms with E-state index in [0.29, 0.717) is 27.0 Å². The van der Waals surface area contributed by atoms with Gasteiger partial charge in [0, 0.05) is 10.0 Å². The number of carbonyl (C=O) groups is 3. The first kappa shape index (κ1) is 23.7. The summed E-state index contributed by atoms with van der Waals surface area (Å²) in [5.74, 6) is -0.804. The molecule has 172 valence electrons. The molecule has 0 saturated carbocycles. The number of nitrogens with zero attached hydrogens (tertiary/aromatic N) is 1. The van der Waals surface area contributed by atoms with Gasteiger partial charge in [0.15, 0.2) is 0 Å². The predicted octanol–water partition coefficient (Wildman–Crippen LogP) is 5.84. The van der Waals surface area contributed by atoms with E-state index in [9.17, 15) is 18.8 Å². The van der Waals surface area contributed by atoms with Crippen molar-refractivity contribution in [1.29, 1.82) is 0 Å². The molecule has 0 unspecified atom stereocenters. The summed E-state index contributed by atoms with van der Waals surface area (Å²) in [6, 6.07) is 20.3. The Morgan fingerprint density at radius 1 is 1.03 bits per heavy atom. The highest BCUT2D eigenvalue weighted by molar-refractivity contribution is 9.10. The van der Waals surface area contributed by atoms with Crippen LogP contribution in [0.2, 0.25) is 0 Å². The lowest BCUT2D eigenvalue weighted by atomic mass is 10.2. The first-order valence-corrected chi connectivity index (χ1v) is 11.8. The number of hydrogen-bond donors (Lipinski definition) is 1. The molecule has 9 heteroatoms. The van der Waals surface area contributed by atoms with E-state index in [2.05, 4.69) is 21.2 Å². The fraction of sp³-hybridized carbons (Fsp3) is 0.0800. The Morgan fingerprint density at radius 3 is 2.47 bits per heavy atom. The highest BCUT2D eigenvalue weighted by atomic mass is 79.9. The van der Waals surface area contributed by atoms with Crippen molar-refractivity contribution < 1.29 is 23.5 Å². The van der Waals surface area contributed by atoms with Crippen LogP contribution < -0.4 is 10.1 Å². The van der Waals surface area contributed by atoms with Gasteiger partial charge in [0.2, 0.25) is 5.91 Å². The van der Waals surface area contributed by atoms with E-state index in [0.717, 1.165) is 16.7 Å². The molecular formula is C25H18BrFN2O4S. The van der Waals surface area contributed by atoms with Crippen molar-refractivity contribution in [3.05, 3.63) is 99.1 Å². The van der Waals surface area contributed by atoms with E-state index in [1.165, 1.54) is 6.07 Å². The minimum absolute atomic E-state index is 0.0898. The second-order valence-corrected chi connectivity index (χ2v) is 9.09. The number of thioether (sulfide) groups is 1. The maximum Gasteiger partial charge on any atom is 0.294 e. The lowest BCUT2D eigenvalue weighted by Gasteiger charge is -2.13. The molecule has 1 heterocycles. The van der Waals surface area contributed by atoms with Crippen LogP contribution in [0, 0.1) is 5.82 Å². The molecule has 1 aliphatic rings. The Labute approximate surface area is 207 Å². The van der Waals surface area contributed by atoms with Gasteiger partial charge in [-0.1, -0.05) is 42.5 Å². The van der Waals surface area contributed by atoms with Crippen LogP contribution in [0.4, 0.5) is 14.9 Å². The van der Waals surface area contributed by atoms with Crippen LogP contribution in [0.3, 0.4) is 0 Å². The van der Waals surface area contributed by atoms with Gasteiger partial charge in [0.05, 0.1) is 10.6 Å². The van der Waals surface area contributed by atoms with E-state index in [4.69, 9.17) is 4.74 Å². The van der Waals surface area contributed by atoms with Gasteiger partial charge >= 0.3 is 0 Å². The minimum atomic E-state index is -0.530. The molecule has 0 atom stereocenters. The highest BCUT2D eigenvalue weighted by Gasteiger charge is 2.36. The fourth-order valence-corrected chi connectivity index (χ4v) is 4.34. The van der Waals surface area contributed by atoms with Crippen molar-refractivity contribution in [2.45, 2.75) is 6.61 Å². The molecule has 1 fully saturated rings. The number of halogens is 2. The van der Waals surface area contributed by atoms with E-state index in [1.807, 2.05) is 6.07 Å². The topological polar surface area (TPSA) is 75.7 Å². The van der Waals surface area contributed by atoms with Gasteiger partial charge in [-0.05, 0) is 69.7 Å². The summed E-state index contributed by atoms with van der Waals surface area (Å²) in [6.45, 7) is -0.293. The average molecular weight is 541 g/mol. The van der Waals surface area contributed by atoms with Crippen LogP contribution in [-0.4, -0.2) is 28.5 Å². The first-order chi connectivity index (χ1) is 16.4. The molecule has 1 N–H and O–H groups in total. The number of nitrogens with one attached hydrogen (secondary N) is 1. The molecular weight excluding hydrogens is 523 g/mol. The Bertz CT molecular complexity index is 1280. The van der Waals surface area contributed by atoms with Gasteiger partial charge in [0.1, 0.15) is 24.7 Å². The molecule has 0 aromatic heterocycles. The van der Waals surface area contributed by atoms with Crippen molar-refractivity contribution in [2.24, 2.45) is 0 Å². The number of rotatable bonds is 7. The van der Waals surface area contributed by atoms with Crippen LogP contribution in [0.1, 0.15) is 11.1 Å². The van der Waals surface area contributed by atoms with Crippen LogP contribution in [0.15, 0.2) is 82.2 Å². The summed E-state index contributed by atoms with van der Waals surface area (Å²) < 4.78 is 20.0. The van der Waals surface area contributed by atoms with Gasteiger partial charge < -0.3 is 10.1 Å². The second-order valence-electron chi connectivity index (χ2n) is 7.24. The predicted molar refractivity (Wildman–Crippen MR) is 133 cm³/mol. The lowest BCUT2D eigenvalue weighted by molar-refractivity contribution is -0.127. The van der Waals surface area contributed by atoms with E-state index in [-0.39, 0.29) is 23.9 Å². The number of hydrogen-bond acceptors (Lipinski definition) is 5. The largest absolute Gasteiger partial charge is 0.489 e. The number of amides is 3. The quantitative estimate of drug-likeness (QED) is 0.381. The van der Waals surface area contributed by atoms with Gasteiger partial charge in [0.25, 0.3) is 11.1 Å². The van der Waals surface area contributed by atoms with Crippen molar-refractivity contribution in [3.63, 3.8) is 0 Å². The molecule has 0 radical (unpaired) electrons. The molecule has 3 aromatic rings. The van der Waals surface area contributed by atoms with Crippen molar-refractivity contribution >= 4 is 56.5 Å². The smallest absolute Gasteiger partial charge is 0.294 e. The number of para-hydroxylation sites is 1. The van der Waals surface area contributed by atoms with Gasteiger partial charge in [-0.15, -0.1) is 0 Å². The maximum absolute atomic E-state index is 13.7. The van der Waals surface area contributed by atoms with Gasteiger partial charge in [-0.3, -0.25) is 19.3 Å². The maximum atomic E-state index is 13.7. The molecule has 6 nitrogen and oxygen atoms in total. The summed E-state index contributed by atoms with van der Waals surface area (Å²) in [5.41, 5.74) is 1.68. The van der Waals surface area contributed by atoms with Crippen molar-refractivity contribution in [2.75, 3.05) is 11.9 Å². The van der Waals surface area contributed by atoms with E-state index >= 15 is 0 Å². The molecule has 3 amide bonds. The number of carbonyl (C=O) groups excluding carboxylic acids is 3. The van der Waals surface area contributed by atoms with Crippen LogP contribution >= 0.6 is 27.7 Å². The number of benzene rings is 3. The zero-order chi connectivity index (χ0) is 24.1. The number of ether oxygens (including phenoxy) is 1. The van der Waals surface area contributed by atoms with Gasteiger partial charge in [-0.25, -0.2) is 4.39 Å². The molecule has 0 aliphatic carbocycles. The Kier molecular flexibility index (Phi) is 7.44. The van der Waals surface area contributed by atoms with Crippen molar-refractivity contribution in [1.82, 2.24) is 4.90 Å². The minimum Gasteiger partial charge on any atom is -0.489 e.